The summed E-state index contributed by atoms with van der Waals surface area (Å²) >= 11 is 3.39. The van der Waals surface area contributed by atoms with Crippen molar-refractivity contribution in [3.63, 3.8) is 0 Å². The summed E-state index contributed by atoms with van der Waals surface area (Å²) in [4.78, 5) is 16.8. The van der Waals surface area contributed by atoms with Crippen LogP contribution in [0.3, 0.4) is 0 Å². The van der Waals surface area contributed by atoms with E-state index in [9.17, 15) is 4.79 Å². The van der Waals surface area contributed by atoms with Crippen molar-refractivity contribution >= 4 is 21.8 Å². The highest BCUT2D eigenvalue weighted by Crippen LogP contribution is 2.35. The van der Waals surface area contributed by atoms with Crippen LogP contribution in [0.2, 0.25) is 0 Å². The van der Waals surface area contributed by atoms with Crippen molar-refractivity contribution in [2.75, 3.05) is 14.2 Å². The second-order valence-corrected chi connectivity index (χ2v) is 6.14. The van der Waals surface area contributed by atoms with E-state index in [0.717, 1.165) is 5.56 Å². The number of rotatable bonds is 6. The number of carbonyl (C=O) groups excluding carboxylic acids is 1. The maximum atomic E-state index is 12.5. The van der Waals surface area contributed by atoms with Crippen molar-refractivity contribution in [2.24, 2.45) is 0 Å². The number of halogens is 1. The number of hydrogen-bond acceptors (Lipinski definition) is 5. The van der Waals surface area contributed by atoms with E-state index in [1.165, 1.54) is 14.2 Å². The summed E-state index contributed by atoms with van der Waals surface area (Å²) in [5, 5.41) is 7.04. The van der Waals surface area contributed by atoms with Gasteiger partial charge in [-0.3, -0.25) is 4.79 Å². The zero-order chi connectivity index (χ0) is 18.5. The second-order valence-electron chi connectivity index (χ2n) is 5.35. The van der Waals surface area contributed by atoms with Crippen molar-refractivity contribution in [3.8, 4) is 17.3 Å². The Morgan fingerprint density at radius 3 is 2.54 bits per heavy atom. The van der Waals surface area contributed by atoms with Gasteiger partial charge >= 0.3 is 0 Å². The second kappa shape index (κ2) is 8.01. The van der Waals surface area contributed by atoms with Crippen LogP contribution in [-0.2, 0) is 6.54 Å². The summed E-state index contributed by atoms with van der Waals surface area (Å²) < 4.78 is 12.9. The normalized spacial score (nSPS) is 10.4. The minimum Gasteiger partial charge on any atom is -0.495 e. The Morgan fingerprint density at radius 1 is 1.19 bits per heavy atom. The van der Waals surface area contributed by atoms with Crippen LogP contribution >= 0.6 is 15.9 Å². The molecular formula is C18H17BrN4O3. The van der Waals surface area contributed by atoms with Crippen molar-refractivity contribution in [3.05, 3.63) is 64.5 Å². The predicted octanol–water partition coefficient (Wildman–Crippen LogP) is 2.98. The van der Waals surface area contributed by atoms with Crippen LogP contribution in [0, 0.1) is 0 Å². The van der Waals surface area contributed by atoms with Gasteiger partial charge in [0.05, 0.1) is 14.2 Å². The first-order valence-corrected chi connectivity index (χ1v) is 8.56. The monoisotopic (exact) mass is 416 g/mol. The third-order valence-corrected chi connectivity index (χ3v) is 4.49. The van der Waals surface area contributed by atoms with Crippen molar-refractivity contribution in [1.82, 2.24) is 20.1 Å². The van der Waals surface area contributed by atoms with Gasteiger partial charge in [0.2, 0.25) is 0 Å². The van der Waals surface area contributed by atoms with Crippen molar-refractivity contribution in [2.45, 2.75) is 6.54 Å². The van der Waals surface area contributed by atoms with E-state index >= 15 is 0 Å². The number of nitrogens with zero attached hydrogens (tertiary/aromatic N) is 3. The molecule has 8 heteroatoms. The van der Waals surface area contributed by atoms with Crippen LogP contribution in [-0.4, -0.2) is 34.9 Å². The van der Waals surface area contributed by atoms with Gasteiger partial charge in [0.1, 0.15) is 16.0 Å². The van der Waals surface area contributed by atoms with E-state index in [2.05, 4.69) is 31.3 Å². The molecule has 0 aliphatic rings. The molecule has 0 saturated heterocycles. The highest BCUT2D eigenvalue weighted by Gasteiger charge is 2.14. The first-order chi connectivity index (χ1) is 12.6. The maximum Gasteiger partial charge on any atom is 0.251 e. The summed E-state index contributed by atoms with van der Waals surface area (Å²) in [6.45, 7) is 0.357. The summed E-state index contributed by atoms with van der Waals surface area (Å²) in [6.07, 6.45) is 5.18. The van der Waals surface area contributed by atoms with E-state index in [4.69, 9.17) is 9.47 Å². The number of methoxy groups -OCH3 is 2. The number of ether oxygens (including phenoxy) is 2. The van der Waals surface area contributed by atoms with Gasteiger partial charge in [0.25, 0.3) is 5.91 Å². The number of amides is 1. The average Bonchev–Trinajstić information content (AvgIpc) is 3.21. The van der Waals surface area contributed by atoms with Gasteiger partial charge in [-0.2, -0.15) is 5.10 Å². The van der Waals surface area contributed by atoms with E-state index in [1.807, 2.05) is 24.4 Å². The molecule has 0 atom stereocenters. The molecule has 0 spiro atoms. The molecule has 3 aromatic rings. The van der Waals surface area contributed by atoms with E-state index in [0.29, 0.717) is 33.9 Å². The molecule has 0 bridgehead atoms. The van der Waals surface area contributed by atoms with Crippen LogP contribution in [0.5, 0.6) is 11.5 Å². The molecule has 26 heavy (non-hydrogen) atoms. The number of nitrogens with one attached hydrogen (secondary N) is 1. The largest absolute Gasteiger partial charge is 0.495 e. The molecule has 3 rings (SSSR count). The Bertz CT molecular complexity index is 888. The van der Waals surface area contributed by atoms with E-state index in [1.54, 1.807) is 29.2 Å². The molecular weight excluding hydrogens is 400 g/mol. The molecule has 0 fully saturated rings. The topological polar surface area (TPSA) is 78.3 Å². The van der Waals surface area contributed by atoms with Crippen LogP contribution in [0.1, 0.15) is 15.9 Å². The minimum atomic E-state index is -0.230. The van der Waals surface area contributed by atoms with E-state index < -0.39 is 0 Å². The van der Waals surface area contributed by atoms with Crippen LogP contribution in [0.4, 0.5) is 0 Å². The van der Waals surface area contributed by atoms with Crippen LogP contribution in [0.15, 0.2) is 53.4 Å². The fourth-order valence-electron chi connectivity index (χ4n) is 2.39. The van der Waals surface area contributed by atoms with Gasteiger partial charge in [-0.25, -0.2) is 9.67 Å². The van der Waals surface area contributed by atoms with Gasteiger partial charge in [-0.05, 0) is 51.8 Å². The summed E-state index contributed by atoms with van der Waals surface area (Å²) in [7, 11) is 3.07. The van der Waals surface area contributed by atoms with Crippen molar-refractivity contribution in [1.29, 1.82) is 0 Å². The number of aromatic nitrogens is 3. The molecule has 0 unspecified atom stereocenters. The summed E-state index contributed by atoms with van der Waals surface area (Å²) in [6, 6.07) is 8.85. The minimum absolute atomic E-state index is 0.230. The quantitative estimate of drug-likeness (QED) is 0.667. The Labute approximate surface area is 159 Å². The van der Waals surface area contributed by atoms with Gasteiger partial charge in [-0.15, -0.1) is 0 Å². The van der Waals surface area contributed by atoms with Crippen LogP contribution < -0.4 is 14.8 Å². The molecule has 2 heterocycles. The van der Waals surface area contributed by atoms with Gasteiger partial charge in [0.15, 0.2) is 5.82 Å². The van der Waals surface area contributed by atoms with Gasteiger partial charge in [0, 0.05) is 30.7 Å². The lowest BCUT2D eigenvalue weighted by Gasteiger charge is -2.12. The van der Waals surface area contributed by atoms with Gasteiger partial charge < -0.3 is 14.8 Å². The van der Waals surface area contributed by atoms with Gasteiger partial charge in [-0.1, -0.05) is 0 Å². The third-order valence-electron chi connectivity index (χ3n) is 3.71. The Kier molecular flexibility index (Phi) is 5.52. The first kappa shape index (κ1) is 17.9. The Balaban J connectivity index is 1.74. The molecule has 0 radical (unpaired) electrons. The highest BCUT2D eigenvalue weighted by atomic mass is 79.9. The fraction of sp³-hybridized carbons (Fsp3) is 0.167. The highest BCUT2D eigenvalue weighted by molar-refractivity contribution is 9.10. The summed E-state index contributed by atoms with van der Waals surface area (Å²) in [5.74, 6) is 1.51. The standard InChI is InChI=1S/C18H17BrN4O3/c1-25-14-9-13(10-15(26-2)17(14)19)18(24)21-11-12-4-6-20-16(8-12)23-7-3-5-22-23/h3-10H,11H2,1-2H3,(H,21,24). The zero-order valence-corrected chi connectivity index (χ0v) is 15.9. The van der Waals surface area contributed by atoms with Crippen molar-refractivity contribution < 1.29 is 14.3 Å². The maximum absolute atomic E-state index is 12.5. The number of benzene rings is 1. The molecule has 1 amide bonds. The molecule has 0 aliphatic carbocycles. The van der Waals surface area contributed by atoms with E-state index in [-0.39, 0.29) is 5.91 Å². The Hall–Kier alpha value is -2.87. The third kappa shape index (κ3) is 3.85. The fourth-order valence-corrected chi connectivity index (χ4v) is 2.94. The SMILES string of the molecule is COc1cc(C(=O)NCc2ccnc(-n3cccn3)c2)cc(OC)c1Br. The molecule has 2 aromatic heterocycles. The molecule has 0 saturated carbocycles. The molecule has 1 aromatic carbocycles. The molecule has 7 nitrogen and oxygen atoms in total. The lowest BCUT2D eigenvalue weighted by atomic mass is 10.1. The Morgan fingerprint density at radius 2 is 1.92 bits per heavy atom. The lowest BCUT2D eigenvalue weighted by Crippen LogP contribution is -2.23. The molecule has 1 N–H and O–H groups in total. The average molecular weight is 417 g/mol. The van der Waals surface area contributed by atoms with Crippen LogP contribution in [0.25, 0.3) is 5.82 Å². The summed E-state index contributed by atoms with van der Waals surface area (Å²) in [5.41, 5.74) is 1.36. The number of carbonyl (C=O) groups is 1. The number of pyridine rings is 1. The predicted molar refractivity (Wildman–Crippen MR) is 99.8 cm³/mol. The lowest BCUT2D eigenvalue weighted by molar-refractivity contribution is 0.0950. The molecule has 134 valence electrons. The first-order valence-electron chi connectivity index (χ1n) is 7.77. The number of hydrogen-bond donors (Lipinski definition) is 1. The zero-order valence-electron chi connectivity index (χ0n) is 14.3. The molecule has 0 aliphatic heterocycles. The smallest absolute Gasteiger partial charge is 0.251 e.